The summed E-state index contributed by atoms with van der Waals surface area (Å²) in [6.07, 6.45) is 4.15. The second-order valence-electron chi connectivity index (χ2n) is 4.73. The first-order chi connectivity index (χ1) is 9.78. The number of hydrogen-bond acceptors (Lipinski definition) is 4. The molecule has 2 aromatic rings. The first-order valence-corrected chi connectivity index (χ1v) is 6.43. The van der Waals surface area contributed by atoms with E-state index in [9.17, 15) is 4.79 Å². The number of aromatic nitrogens is 3. The molecule has 0 saturated carbocycles. The van der Waals surface area contributed by atoms with Gasteiger partial charge in [-0.2, -0.15) is 20.3 Å². The maximum absolute atomic E-state index is 12.4. The van der Waals surface area contributed by atoms with E-state index >= 15 is 0 Å². The molecule has 1 aliphatic heterocycles. The van der Waals surface area contributed by atoms with Gasteiger partial charge in [-0.15, -0.1) is 0 Å². The lowest BCUT2D eigenvalue weighted by Gasteiger charge is -2.16. The number of nitriles is 1. The minimum atomic E-state index is -0.0101. The molecule has 6 nitrogen and oxygen atoms in total. The third-order valence-electron chi connectivity index (χ3n) is 3.47. The molecular formula is C14H13N5O. The second-order valence-corrected chi connectivity index (χ2v) is 4.73. The summed E-state index contributed by atoms with van der Waals surface area (Å²) < 4.78 is 0. The van der Waals surface area contributed by atoms with E-state index in [1.54, 1.807) is 46.4 Å². The zero-order valence-corrected chi connectivity index (χ0v) is 10.8. The number of nitrogens with zero attached hydrogens (tertiary/aromatic N) is 5. The number of amides is 1. The van der Waals surface area contributed by atoms with Crippen LogP contribution in [0.4, 0.5) is 0 Å². The molecule has 1 atom stereocenters. The second kappa shape index (κ2) is 5.13. The van der Waals surface area contributed by atoms with Gasteiger partial charge in [-0.05, 0) is 30.7 Å². The van der Waals surface area contributed by atoms with Gasteiger partial charge in [0.05, 0.1) is 30.1 Å². The van der Waals surface area contributed by atoms with Crippen LogP contribution < -0.4 is 0 Å². The molecule has 20 heavy (non-hydrogen) atoms. The van der Waals surface area contributed by atoms with Crippen molar-refractivity contribution >= 4 is 5.91 Å². The van der Waals surface area contributed by atoms with Gasteiger partial charge in [0.15, 0.2) is 0 Å². The van der Waals surface area contributed by atoms with Crippen molar-refractivity contribution in [3.63, 3.8) is 0 Å². The van der Waals surface area contributed by atoms with E-state index in [1.807, 2.05) is 6.07 Å². The van der Waals surface area contributed by atoms with Gasteiger partial charge in [0.2, 0.25) is 0 Å². The summed E-state index contributed by atoms with van der Waals surface area (Å²) in [5, 5.41) is 17.0. The van der Waals surface area contributed by atoms with Crippen LogP contribution in [0.15, 0.2) is 36.7 Å². The SMILES string of the molecule is N#Cc1ccc(C(=O)N2CCC(n3nccn3)C2)cc1. The molecule has 100 valence electrons. The summed E-state index contributed by atoms with van der Waals surface area (Å²) >= 11 is 0. The van der Waals surface area contributed by atoms with Crippen molar-refractivity contribution in [2.24, 2.45) is 0 Å². The largest absolute Gasteiger partial charge is 0.336 e. The number of likely N-dealkylation sites (tertiary alicyclic amines) is 1. The van der Waals surface area contributed by atoms with Gasteiger partial charge in [-0.3, -0.25) is 4.79 Å². The minimum Gasteiger partial charge on any atom is -0.336 e. The standard InChI is InChI=1S/C14H13N5O/c15-9-11-1-3-12(4-2-11)14(20)18-8-5-13(10-18)19-16-6-7-17-19/h1-4,6-7,13H,5,8,10H2. The fourth-order valence-corrected chi connectivity index (χ4v) is 2.40. The van der Waals surface area contributed by atoms with Crippen molar-refractivity contribution in [3.8, 4) is 6.07 Å². The van der Waals surface area contributed by atoms with Crippen LogP contribution in [0.2, 0.25) is 0 Å². The van der Waals surface area contributed by atoms with Crippen LogP contribution in [0.5, 0.6) is 0 Å². The lowest BCUT2D eigenvalue weighted by molar-refractivity contribution is 0.0786. The molecule has 3 rings (SSSR count). The molecule has 1 saturated heterocycles. The van der Waals surface area contributed by atoms with Gasteiger partial charge in [0.1, 0.15) is 0 Å². The van der Waals surface area contributed by atoms with Crippen LogP contribution >= 0.6 is 0 Å². The number of carbonyl (C=O) groups excluding carboxylic acids is 1. The number of hydrogen-bond donors (Lipinski definition) is 0. The number of rotatable bonds is 2. The van der Waals surface area contributed by atoms with Crippen molar-refractivity contribution in [1.82, 2.24) is 19.9 Å². The molecule has 6 heteroatoms. The minimum absolute atomic E-state index is 0.0101. The molecular weight excluding hydrogens is 254 g/mol. The molecule has 0 aliphatic carbocycles. The normalized spacial score (nSPS) is 17.9. The van der Waals surface area contributed by atoms with E-state index in [2.05, 4.69) is 10.2 Å². The van der Waals surface area contributed by atoms with Crippen LogP contribution in [-0.2, 0) is 0 Å². The predicted octanol–water partition coefficient (Wildman–Crippen LogP) is 1.24. The first kappa shape index (κ1) is 12.4. The Labute approximate surface area is 116 Å². The van der Waals surface area contributed by atoms with Gasteiger partial charge >= 0.3 is 0 Å². The van der Waals surface area contributed by atoms with E-state index in [-0.39, 0.29) is 11.9 Å². The predicted molar refractivity (Wildman–Crippen MR) is 70.7 cm³/mol. The van der Waals surface area contributed by atoms with E-state index in [0.717, 1.165) is 6.42 Å². The van der Waals surface area contributed by atoms with Crippen LogP contribution in [0.25, 0.3) is 0 Å². The molecule has 0 radical (unpaired) electrons. The average molecular weight is 267 g/mol. The molecule has 0 spiro atoms. The summed E-state index contributed by atoms with van der Waals surface area (Å²) in [4.78, 5) is 15.8. The maximum atomic E-state index is 12.4. The van der Waals surface area contributed by atoms with E-state index in [1.165, 1.54) is 0 Å². The average Bonchev–Trinajstić information content (AvgIpc) is 3.17. The first-order valence-electron chi connectivity index (χ1n) is 6.43. The van der Waals surface area contributed by atoms with Crippen LogP contribution in [-0.4, -0.2) is 38.9 Å². The third-order valence-corrected chi connectivity index (χ3v) is 3.47. The van der Waals surface area contributed by atoms with Gasteiger partial charge in [-0.1, -0.05) is 0 Å². The molecule has 2 heterocycles. The fraction of sp³-hybridized carbons (Fsp3) is 0.286. The molecule has 1 unspecified atom stereocenters. The Kier molecular flexibility index (Phi) is 3.17. The summed E-state index contributed by atoms with van der Waals surface area (Å²) in [7, 11) is 0. The van der Waals surface area contributed by atoms with Crippen molar-refractivity contribution in [2.45, 2.75) is 12.5 Å². The van der Waals surface area contributed by atoms with Gasteiger partial charge in [0.25, 0.3) is 5.91 Å². The summed E-state index contributed by atoms with van der Waals surface area (Å²) in [5.41, 5.74) is 1.17. The van der Waals surface area contributed by atoms with E-state index < -0.39 is 0 Å². The Morgan fingerprint density at radius 1 is 1.25 bits per heavy atom. The Morgan fingerprint density at radius 3 is 2.60 bits per heavy atom. The van der Waals surface area contributed by atoms with Crippen LogP contribution in [0, 0.1) is 11.3 Å². The summed E-state index contributed by atoms with van der Waals surface area (Å²) in [5.74, 6) is -0.0101. The van der Waals surface area contributed by atoms with E-state index in [4.69, 9.17) is 5.26 Å². The van der Waals surface area contributed by atoms with Gasteiger partial charge < -0.3 is 4.90 Å². The highest BCUT2D eigenvalue weighted by Crippen LogP contribution is 2.21. The molecule has 0 N–H and O–H groups in total. The Balaban J connectivity index is 1.71. The van der Waals surface area contributed by atoms with Gasteiger partial charge in [-0.25, -0.2) is 0 Å². The highest BCUT2D eigenvalue weighted by molar-refractivity contribution is 5.94. The Bertz CT molecular complexity index is 641. The topological polar surface area (TPSA) is 74.8 Å². The van der Waals surface area contributed by atoms with Crippen molar-refractivity contribution < 1.29 is 4.79 Å². The molecule has 1 aromatic carbocycles. The number of benzene rings is 1. The van der Waals surface area contributed by atoms with Crippen LogP contribution in [0.1, 0.15) is 28.4 Å². The molecule has 1 aromatic heterocycles. The van der Waals surface area contributed by atoms with Crippen molar-refractivity contribution in [1.29, 1.82) is 5.26 Å². The van der Waals surface area contributed by atoms with Crippen LogP contribution in [0.3, 0.4) is 0 Å². The third kappa shape index (κ3) is 2.26. The fourth-order valence-electron chi connectivity index (χ4n) is 2.40. The van der Waals surface area contributed by atoms with E-state index in [0.29, 0.717) is 24.2 Å². The maximum Gasteiger partial charge on any atom is 0.253 e. The molecule has 1 fully saturated rings. The highest BCUT2D eigenvalue weighted by atomic mass is 16.2. The smallest absolute Gasteiger partial charge is 0.253 e. The zero-order valence-electron chi connectivity index (χ0n) is 10.8. The zero-order chi connectivity index (χ0) is 13.9. The van der Waals surface area contributed by atoms with Gasteiger partial charge in [0, 0.05) is 18.7 Å². The van der Waals surface area contributed by atoms with Crippen molar-refractivity contribution in [3.05, 3.63) is 47.8 Å². The summed E-state index contributed by atoms with van der Waals surface area (Å²) in [6.45, 7) is 1.32. The Morgan fingerprint density at radius 2 is 1.95 bits per heavy atom. The number of carbonyl (C=O) groups is 1. The summed E-state index contributed by atoms with van der Waals surface area (Å²) in [6, 6.07) is 8.90. The lowest BCUT2D eigenvalue weighted by atomic mass is 10.1. The highest BCUT2D eigenvalue weighted by Gasteiger charge is 2.28. The quantitative estimate of drug-likeness (QED) is 0.820. The molecule has 1 amide bonds. The lowest BCUT2D eigenvalue weighted by Crippen LogP contribution is -2.29. The monoisotopic (exact) mass is 267 g/mol. The molecule has 1 aliphatic rings. The van der Waals surface area contributed by atoms with Crippen molar-refractivity contribution in [2.75, 3.05) is 13.1 Å². The molecule has 0 bridgehead atoms. The Hall–Kier alpha value is -2.68.